The lowest BCUT2D eigenvalue weighted by Gasteiger charge is -2.11. The van der Waals surface area contributed by atoms with Gasteiger partial charge in [-0.2, -0.15) is 0 Å². The van der Waals surface area contributed by atoms with E-state index >= 15 is 0 Å². The minimum Gasteiger partial charge on any atom is -0.492 e. The summed E-state index contributed by atoms with van der Waals surface area (Å²) in [5.41, 5.74) is 2.03. The Labute approximate surface area is 116 Å². The number of ether oxygens (including phenoxy) is 1. The fourth-order valence-corrected chi connectivity index (χ4v) is 3.42. The van der Waals surface area contributed by atoms with Crippen LogP contribution >= 0.6 is 11.8 Å². The van der Waals surface area contributed by atoms with Gasteiger partial charge in [-0.1, -0.05) is 24.3 Å². The van der Waals surface area contributed by atoms with Gasteiger partial charge >= 0.3 is 0 Å². The van der Waals surface area contributed by atoms with Gasteiger partial charge in [0.1, 0.15) is 18.2 Å². The molecule has 0 saturated heterocycles. The molecule has 1 aliphatic rings. The van der Waals surface area contributed by atoms with Crippen molar-refractivity contribution < 1.29 is 9.13 Å². The molecule has 1 aliphatic heterocycles. The van der Waals surface area contributed by atoms with Crippen LogP contribution in [0.4, 0.5) is 4.39 Å². The van der Waals surface area contributed by atoms with Crippen molar-refractivity contribution in [2.24, 2.45) is 0 Å². The second-order valence-corrected chi connectivity index (χ2v) is 6.12. The summed E-state index contributed by atoms with van der Waals surface area (Å²) in [7, 11) is 0. The Bertz CT molecular complexity index is 572. The van der Waals surface area contributed by atoms with Gasteiger partial charge in [0.05, 0.1) is 0 Å². The van der Waals surface area contributed by atoms with Crippen LogP contribution in [0.3, 0.4) is 0 Å². The van der Waals surface area contributed by atoms with E-state index in [2.05, 4.69) is 24.3 Å². The molecule has 98 valence electrons. The van der Waals surface area contributed by atoms with Crippen molar-refractivity contribution in [3.05, 3.63) is 59.4 Å². The molecule has 0 bridgehead atoms. The van der Waals surface area contributed by atoms with Gasteiger partial charge in [-0.3, -0.25) is 0 Å². The summed E-state index contributed by atoms with van der Waals surface area (Å²) in [5, 5.41) is 0.418. The van der Waals surface area contributed by atoms with Crippen LogP contribution in [0.1, 0.15) is 11.1 Å². The quantitative estimate of drug-likeness (QED) is 0.828. The highest BCUT2D eigenvalue weighted by atomic mass is 32.2. The smallest absolute Gasteiger partial charge is 0.129 e. The first-order chi connectivity index (χ1) is 9.22. The van der Waals surface area contributed by atoms with Crippen molar-refractivity contribution >= 4 is 11.8 Å². The highest BCUT2D eigenvalue weighted by molar-refractivity contribution is 8.00. The summed E-state index contributed by atoms with van der Waals surface area (Å²) in [6.45, 7) is 2.37. The molecule has 3 heteroatoms. The monoisotopic (exact) mass is 274 g/mol. The summed E-state index contributed by atoms with van der Waals surface area (Å²) in [6.07, 6.45) is 1.02. The maximum atomic E-state index is 13.4. The Hall–Kier alpha value is -1.48. The topological polar surface area (TPSA) is 9.23 Å². The first-order valence-corrected chi connectivity index (χ1v) is 7.24. The van der Waals surface area contributed by atoms with Crippen molar-refractivity contribution in [3.63, 3.8) is 0 Å². The highest BCUT2D eigenvalue weighted by Crippen LogP contribution is 2.36. The Morgan fingerprint density at radius 2 is 2.11 bits per heavy atom. The van der Waals surface area contributed by atoms with Gasteiger partial charge in [0, 0.05) is 16.2 Å². The summed E-state index contributed by atoms with van der Waals surface area (Å²) in [4.78, 5) is 1.34. The first kappa shape index (κ1) is 12.5. The molecule has 0 radical (unpaired) electrons. The lowest BCUT2D eigenvalue weighted by atomic mass is 10.1. The molecule has 0 saturated carbocycles. The van der Waals surface area contributed by atoms with Crippen LogP contribution < -0.4 is 4.74 Å². The van der Waals surface area contributed by atoms with Gasteiger partial charge < -0.3 is 4.74 Å². The van der Waals surface area contributed by atoms with Crippen molar-refractivity contribution in [3.8, 4) is 5.75 Å². The number of fused-ring (bicyclic) bond motifs is 1. The molecule has 3 rings (SSSR count). The average Bonchev–Trinajstić information content (AvgIpc) is 2.83. The molecule has 1 unspecified atom stereocenters. The number of benzene rings is 2. The fourth-order valence-electron chi connectivity index (χ4n) is 2.20. The third-order valence-corrected chi connectivity index (χ3v) is 4.58. The van der Waals surface area contributed by atoms with Gasteiger partial charge in [-0.25, -0.2) is 4.39 Å². The molecule has 2 aromatic carbocycles. The van der Waals surface area contributed by atoms with Crippen LogP contribution in [0.2, 0.25) is 0 Å². The number of halogens is 1. The predicted molar refractivity (Wildman–Crippen MR) is 76.4 cm³/mol. The lowest BCUT2D eigenvalue weighted by Crippen LogP contribution is -2.13. The first-order valence-electron chi connectivity index (χ1n) is 6.36. The van der Waals surface area contributed by atoms with Crippen molar-refractivity contribution in [2.75, 3.05) is 6.61 Å². The Morgan fingerprint density at radius 1 is 1.26 bits per heavy atom. The number of hydrogen-bond donors (Lipinski definition) is 0. The second-order valence-electron chi connectivity index (χ2n) is 4.77. The van der Waals surface area contributed by atoms with Gasteiger partial charge in [0.25, 0.3) is 0 Å². The molecule has 1 heterocycles. The van der Waals surface area contributed by atoms with Gasteiger partial charge in [-0.05, 0) is 36.6 Å². The molecule has 0 fully saturated rings. The molecule has 2 aromatic rings. The van der Waals surface area contributed by atoms with Gasteiger partial charge in [0.15, 0.2) is 0 Å². The number of hydrogen-bond acceptors (Lipinski definition) is 2. The summed E-state index contributed by atoms with van der Waals surface area (Å²) in [5.74, 6) is 0.402. The minimum absolute atomic E-state index is 0.208. The van der Waals surface area contributed by atoms with Crippen LogP contribution in [-0.2, 0) is 6.42 Å². The van der Waals surface area contributed by atoms with Crippen molar-refractivity contribution in [1.82, 2.24) is 0 Å². The predicted octanol–water partition coefficient (Wildman–Crippen LogP) is 4.23. The number of aryl methyl sites for hydroxylation is 1. The van der Waals surface area contributed by atoms with E-state index < -0.39 is 0 Å². The molecular formula is C16H15FOS. The Balaban J connectivity index is 1.61. The zero-order valence-electron chi connectivity index (χ0n) is 10.7. The van der Waals surface area contributed by atoms with E-state index in [0.717, 1.165) is 6.42 Å². The molecule has 1 atom stereocenters. The molecule has 0 N–H and O–H groups in total. The summed E-state index contributed by atoms with van der Waals surface area (Å²) < 4.78 is 19.1. The number of thioether (sulfide) groups is 1. The molecule has 0 spiro atoms. The minimum atomic E-state index is -0.208. The van der Waals surface area contributed by atoms with Crippen LogP contribution in [0.5, 0.6) is 5.75 Å². The zero-order chi connectivity index (χ0) is 13.2. The standard InChI is InChI=1S/C16H15FOS/c1-11-6-7-13(9-15(11)17)18-10-14-8-12-4-2-3-5-16(12)19-14/h2-7,9,14H,8,10H2,1H3. The van der Waals surface area contributed by atoms with E-state index in [0.29, 0.717) is 23.2 Å². The fraction of sp³-hybridized carbons (Fsp3) is 0.250. The largest absolute Gasteiger partial charge is 0.492 e. The maximum Gasteiger partial charge on any atom is 0.129 e. The van der Waals surface area contributed by atoms with Crippen molar-refractivity contribution in [1.29, 1.82) is 0 Å². The molecule has 0 amide bonds. The molecule has 0 aromatic heterocycles. The number of rotatable bonds is 3. The van der Waals surface area contributed by atoms with E-state index in [-0.39, 0.29) is 5.82 Å². The summed E-state index contributed by atoms with van der Waals surface area (Å²) in [6, 6.07) is 13.5. The molecular weight excluding hydrogens is 259 g/mol. The molecule has 0 aliphatic carbocycles. The Kier molecular flexibility index (Phi) is 3.47. The van der Waals surface area contributed by atoms with Crippen molar-refractivity contribution in [2.45, 2.75) is 23.5 Å². The van der Waals surface area contributed by atoms with Gasteiger partial charge in [0.2, 0.25) is 0 Å². The maximum absolute atomic E-state index is 13.4. The summed E-state index contributed by atoms with van der Waals surface area (Å²) >= 11 is 1.84. The van der Waals surface area contributed by atoms with Crippen LogP contribution in [0, 0.1) is 12.7 Å². The van der Waals surface area contributed by atoms with E-state index in [1.54, 1.807) is 13.0 Å². The SMILES string of the molecule is Cc1ccc(OCC2Cc3ccccc3S2)cc1F. The van der Waals surface area contributed by atoms with E-state index in [9.17, 15) is 4.39 Å². The Morgan fingerprint density at radius 3 is 2.89 bits per heavy atom. The van der Waals surface area contributed by atoms with E-state index in [1.165, 1.54) is 16.5 Å². The van der Waals surface area contributed by atoms with Crippen LogP contribution in [-0.4, -0.2) is 11.9 Å². The normalized spacial score (nSPS) is 17.3. The zero-order valence-corrected chi connectivity index (χ0v) is 11.5. The average molecular weight is 274 g/mol. The van der Waals surface area contributed by atoms with E-state index in [4.69, 9.17) is 4.74 Å². The lowest BCUT2D eigenvalue weighted by molar-refractivity contribution is 0.316. The molecule has 1 nitrogen and oxygen atoms in total. The second kappa shape index (κ2) is 5.25. The molecule has 19 heavy (non-hydrogen) atoms. The highest BCUT2D eigenvalue weighted by Gasteiger charge is 2.22. The van der Waals surface area contributed by atoms with Crippen LogP contribution in [0.25, 0.3) is 0 Å². The third-order valence-electron chi connectivity index (χ3n) is 3.29. The van der Waals surface area contributed by atoms with E-state index in [1.807, 2.05) is 17.8 Å². The third kappa shape index (κ3) is 2.76. The van der Waals surface area contributed by atoms with Gasteiger partial charge in [-0.15, -0.1) is 11.8 Å². The van der Waals surface area contributed by atoms with Crippen LogP contribution in [0.15, 0.2) is 47.4 Å².